The van der Waals surface area contributed by atoms with Crippen LogP contribution in [0.4, 0.5) is 5.69 Å². The van der Waals surface area contributed by atoms with E-state index in [9.17, 15) is 10.1 Å². The Kier molecular flexibility index (Phi) is 3.21. The van der Waals surface area contributed by atoms with E-state index < -0.39 is 4.92 Å². The van der Waals surface area contributed by atoms with E-state index in [4.69, 9.17) is 11.6 Å². The minimum atomic E-state index is -0.466. The van der Waals surface area contributed by atoms with Crippen LogP contribution in [-0.2, 0) is 5.88 Å². The number of nitro groups is 1. The summed E-state index contributed by atoms with van der Waals surface area (Å²) < 4.78 is 0.371. The molecule has 1 aromatic heterocycles. The molecule has 1 heterocycles. The van der Waals surface area contributed by atoms with Crippen LogP contribution in [0.3, 0.4) is 0 Å². The van der Waals surface area contributed by atoms with Gasteiger partial charge in [-0.05, 0) is 28.7 Å². The maximum Gasteiger partial charge on any atom is 0.305 e. The van der Waals surface area contributed by atoms with Crippen molar-refractivity contribution >= 4 is 39.9 Å². The van der Waals surface area contributed by atoms with Crippen molar-refractivity contribution in [2.75, 3.05) is 0 Å². The molecule has 0 aromatic carbocycles. The highest BCUT2D eigenvalue weighted by Crippen LogP contribution is 2.24. The van der Waals surface area contributed by atoms with E-state index in [2.05, 4.69) is 4.98 Å². The normalized spacial score (nSPS) is 9.83. The van der Waals surface area contributed by atoms with E-state index in [1.54, 1.807) is 6.07 Å². The molecule has 12 heavy (non-hydrogen) atoms. The third-order valence-electron chi connectivity index (χ3n) is 1.29. The van der Waals surface area contributed by atoms with Crippen LogP contribution in [0.1, 0.15) is 5.56 Å². The molecule has 4 nitrogen and oxygen atoms in total. The van der Waals surface area contributed by atoms with E-state index in [0.29, 0.717) is 9.26 Å². The van der Waals surface area contributed by atoms with Gasteiger partial charge in [0.25, 0.3) is 0 Å². The van der Waals surface area contributed by atoms with Crippen molar-refractivity contribution in [3.8, 4) is 0 Å². The first kappa shape index (κ1) is 9.66. The van der Waals surface area contributed by atoms with E-state index in [1.165, 1.54) is 6.20 Å². The number of aromatic nitrogens is 1. The molecule has 1 aromatic rings. The average Bonchev–Trinajstić information content (AvgIpc) is 2.03. The molecule has 1 rings (SSSR count). The van der Waals surface area contributed by atoms with Gasteiger partial charge in [0.1, 0.15) is 0 Å². The van der Waals surface area contributed by atoms with Crippen LogP contribution >= 0.6 is 34.2 Å². The summed E-state index contributed by atoms with van der Waals surface area (Å²) in [5, 5.41) is 10.5. The first-order chi connectivity index (χ1) is 5.66. The zero-order chi connectivity index (χ0) is 9.14. The minimum absolute atomic E-state index is 0.00750. The molecule has 0 aliphatic heterocycles. The van der Waals surface area contributed by atoms with Crippen LogP contribution in [0.25, 0.3) is 0 Å². The Bertz CT molecular complexity index is 318. The molecule has 0 aliphatic carbocycles. The standard InChI is InChI=1S/C6H4ClIN2O2/c7-3-4-1-2-9-6(8)5(4)10(11)12/h1-2H,3H2. The predicted molar refractivity (Wildman–Crippen MR) is 53.2 cm³/mol. The van der Waals surface area contributed by atoms with Gasteiger partial charge in [-0.25, -0.2) is 4.98 Å². The third-order valence-corrected chi connectivity index (χ3v) is 2.37. The van der Waals surface area contributed by atoms with Gasteiger partial charge in [-0.15, -0.1) is 11.6 Å². The smallest absolute Gasteiger partial charge is 0.258 e. The minimum Gasteiger partial charge on any atom is -0.258 e. The molecule has 0 aliphatic rings. The molecule has 6 heteroatoms. The second-order valence-corrected chi connectivity index (χ2v) is 3.29. The molecule has 0 spiro atoms. The van der Waals surface area contributed by atoms with E-state index in [1.807, 2.05) is 22.6 Å². The number of halogens is 2. The summed E-state index contributed by atoms with van der Waals surface area (Å²) in [7, 11) is 0. The van der Waals surface area contributed by atoms with Crippen LogP contribution in [0.5, 0.6) is 0 Å². The first-order valence-corrected chi connectivity index (χ1v) is 4.62. The molecule has 0 N–H and O–H groups in total. The highest BCUT2D eigenvalue weighted by Gasteiger charge is 2.17. The Morgan fingerprint density at radius 2 is 2.42 bits per heavy atom. The lowest BCUT2D eigenvalue weighted by atomic mass is 10.2. The van der Waals surface area contributed by atoms with Crippen LogP contribution < -0.4 is 0 Å². The van der Waals surface area contributed by atoms with Crippen LogP contribution in [-0.4, -0.2) is 9.91 Å². The lowest BCUT2D eigenvalue weighted by Crippen LogP contribution is -1.98. The summed E-state index contributed by atoms with van der Waals surface area (Å²) in [6.07, 6.45) is 1.51. The number of pyridine rings is 1. The van der Waals surface area contributed by atoms with Gasteiger partial charge >= 0.3 is 5.69 Å². The molecule has 0 unspecified atom stereocenters. The highest BCUT2D eigenvalue weighted by molar-refractivity contribution is 14.1. The highest BCUT2D eigenvalue weighted by atomic mass is 127. The summed E-state index contributed by atoms with van der Waals surface area (Å²) in [5.74, 6) is 0.134. The zero-order valence-corrected chi connectivity index (χ0v) is 8.74. The van der Waals surface area contributed by atoms with Crippen LogP contribution in [0.2, 0.25) is 0 Å². The molecule has 0 bridgehead atoms. The molecular weight excluding hydrogens is 294 g/mol. The fourth-order valence-corrected chi connectivity index (χ4v) is 1.69. The van der Waals surface area contributed by atoms with Gasteiger partial charge in [-0.3, -0.25) is 10.1 Å². The van der Waals surface area contributed by atoms with Gasteiger partial charge in [-0.1, -0.05) is 0 Å². The van der Waals surface area contributed by atoms with Crippen molar-refractivity contribution in [2.45, 2.75) is 5.88 Å². The Labute approximate surface area is 87.2 Å². The number of alkyl halides is 1. The van der Waals surface area contributed by atoms with Crippen molar-refractivity contribution < 1.29 is 4.92 Å². The Morgan fingerprint density at radius 3 is 2.83 bits per heavy atom. The zero-order valence-electron chi connectivity index (χ0n) is 5.83. The molecule has 0 saturated heterocycles. The lowest BCUT2D eigenvalue weighted by Gasteiger charge is -1.98. The summed E-state index contributed by atoms with van der Waals surface area (Å²) in [6.45, 7) is 0. The Hall–Kier alpha value is -0.430. The van der Waals surface area contributed by atoms with Crippen molar-refractivity contribution in [1.82, 2.24) is 4.98 Å². The lowest BCUT2D eigenvalue weighted by molar-refractivity contribution is -0.386. The second kappa shape index (κ2) is 3.99. The second-order valence-electron chi connectivity index (χ2n) is 2.00. The Morgan fingerprint density at radius 1 is 1.75 bits per heavy atom. The summed E-state index contributed by atoms with van der Waals surface area (Å²) in [6, 6.07) is 1.55. The summed E-state index contributed by atoms with van der Waals surface area (Å²) in [4.78, 5) is 13.8. The molecule has 0 saturated carbocycles. The van der Waals surface area contributed by atoms with E-state index in [0.717, 1.165) is 0 Å². The maximum absolute atomic E-state index is 10.5. The summed E-state index contributed by atoms with van der Waals surface area (Å²) >= 11 is 7.33. The number of hydrogen-bond acceptors (Lipinski definition) is 3. The quantitative estimate of drug-likeness (QED) is 0.277. The number of nitrogens with zero attached hydrogens (tertiary/aromatic N) is 2. The number of hydrogen-bond donors (Lipinski definition) is 0. The third kappa shape index (κ3) is 1.84. The van der Waals surface area contributed by atoms with Gasteiger partial charge in [-0.2, -0.15) is 0 Å². The fraction of sp³-hybridized carbons (Fsp3) is 0.167. The largest absolute Gasteiger partial charge is 0.305 e. The van der Waals surface area contributed by atoms with Crippen molar-refractivity contribution in [2.24, 2.45) is 0 Å². The number of rotatable bonds is 2. The molecule has 0 fully saturated rings. The van der Waals surface area contributed by atoms with Gasteiger partial charge in [0.05, 0.1) is 10.8 Å². The van der Waals surface area contributed by atoms with Crippen molar-refractivity contribution in [1.29, 1.82) is 0 Å². The fourth-order valence-electron chi connectivity index (χ4n) is 0.766. The van der Waals surface area contributed by atoms with Crippen LogP contribution in [0, 0.1) is 13.8 Å². The van der Waals surface area contributed by atoms with Crippen LogP contribution in [0.15, 0.2) is 12.3 Å². The average molecular weight is 298 g/mol. The van der Waals surface area contributed by atoms with Gasteiger partial charge in [0, 0.05) is 11.8 Å². The first-order valence-electron chi connectivity index (χ1n) is 3.00. The van der Waals surface area contributed by atoms with Crippen molar-refractivity contribution in [3.05, 3.63) is 31.6 Å². The van der Waals surface area contributed by atoms with Gasteiger partial charge in [0.15, 0.2) is 3.70 Å². The van der Waals surface area contributed by atoms with E-state index in [-0.39, 0.29) is 11.6 Å². The molecule has 0 amide bonds. The topological polar surface area (TPSA) is 56.0 Å². The molecule has 0 atom stereocenters. The summed E-state index contributed by atoms with van der Waals surface area (Å²) in [5.41, 5.74) is 0.508. The maximum atomic E-state index is 10.5. The van der Waals surface area contributed by atoms with Gasteiger partial charge in [0.2, 0.25) is 0 Å². The SMILES string of the molecule is O=[N+]([O-])c1c(CCl)ccnc1I. The van der Waals surface area contributed by atoms with E-state index >= 15 is 0 Å². The molecule has 64 valence electrons. The molecule has 0 radical (unpaired) electrons. The monoisotopic (exact) mass is 298 g/mol. The Balaban J connectivity index is 3.29. The van der Waals surface area contributed by atoms with Crippen molar-refractivity contribution in [3.63, 3.8) is 0 Å². The van der Waals surface area contributed by atoms with Gasteiger partial charge < -0.3 is 0 Å². The molecular formula is C6H4ClIN2O2. The predicted octanol–water partition coefficient (Wildman–Crippen LogP) is 2.33.